The Morgan fingerprint density at radius 2 is 2.31 bits per heavy atom. The minimum absolute atomic E-state index is 0.112. The van der Waals surface area contributed by atoms with Crippen LogP contribution < -0.4 is 10.5 Å². The van der Waals surface area contributed by atoms with Crippen molar-refractivity contribution in [1.82, 2.24) is 0 Å². The Hall–Kier alpha value is -1.06. The van der Waals surface area contributed by atoms with Crippen molar-refractivity contribution in [2.45, 2.75) is 31.7 Å². The van der Waals surface area contributed by atoms with E-state index < -0.39 is 5.54 Å². The molecule has 1 aromatic carbocycles. The molecule has 3 N–H and O–H groups in total. The van der Waals surface area contributed by atoms with Crippen LogP contribution in [-0.2, 0) is 12.0 Å². The minimum atomic E-state index is -0.457. The van der Waals surface area contributed by atoms with E-state index >= 15 is 0 Å². The molecule has 1 unspecified atom stereocenters. The molecular weight excluding hydrogens is 202 g/mol. The van der Waals surface area contributed by atoms with Gasteiger partial charge in [0.25, 0.3) is 0 Å². The van der Waals surface area contributed by atoms with Gasteiger partial charge in [-0.2, -0.15) is 0 Å². The zero-order chi connectivity index (χ0) is 11.6. The lowest BCUT2D eigenvalue weighted by atomic mass is 9.88. The lowest BCUT2D eigenvalue weighted by Crippen LogP contribution is -2.34. The second-order valence-corrected chi connectivity index (χ2v) is 4.67. The lowest BCUT2D eigenvalue weighted by molar-refractivity contribution is 0.246. The Morgan fingerprint density at radius 3 is 3.06 bits per heavy atom. The number of rotatable bonds is 3. The summed E-state index contributed by atoms with van der Waals surface area (Å²) in [7, 11) is 0. The van der Waals surface area contributed by atoms with Crippen molar-refractivity contribution >= 4 is 0 Å². The summed E-state index contributed by atoms with van der Waals surface area (Å²) in [6.45, 7) is 2.87. The van der Waals surface area contributed by atoms with Crippen LogP contribution in [0, 0.1) is 0 Å². The number of aliphatic hydroxyl groups excluding tert-OH is 1. The maximum absolute atomic E-state index is 9.00. The molecular formula is C13H19NO2. The van der Waals surface area contributed by atoms with E-state index in [2.05, 4.69) is 6.07 Å². The first kappa shape index (κ1) is 11.4. The quantitative estimate of drug-likeness (QED) is 0.814. The number of hydrogen-bond donors (Lipinski definition) is 2. The van der Waals surface area contributed by atoms with Crippen LogP contribution >= 0.6 is 0 Å². The molecule has 0 amide bonds. The molecule has 1 heterocycles. The summed E-state index contributed by atoms with van der Waals surface area (Å²) >= 11 is 0. The molecule has 16 heavy (non-hydrogen) atoms. The van der Waals surface area contributed by atoms with Crippen molar-refractivity contribution in [2.75, 3.05) is 13.2 Å². The highest BCUT2D eigenvalue weighted by atomic mass is 16.5. The number of ether oxygens (including phenoxy) is 1. The third-order valence-corrected chi connectivity index (χ3v) is 3.20. The Labute approximate surface area is 96.2 Å². The normalized spacial score (nSPS) is 18.4. The molecule has 88 valence electrons. The number of nitrogens with two attached hydrogens (primary N) is 1. The summed E-state index contributed by atoms with van der Waals surface area (Å²) in [5.74, 6) is 0.981. The minimum Gasteiger partial charge on any atom is -0.493 e. The van der Waals surface area contributed by atoms with Gasteiger partial charge in [-0.25, -0.2) is 0 Å². The molecule has 1 aromatic rings. The van der Waals surface area contributed by atoms with Crippen LogP contribution in [0.4, 0.5) is 0 Å². The van der Waals surface area contributed by atoms with Crippen LogP contribution in [0.3, 0.4) is 0 Å². The van der Waals surface area contributed by atoms with Gasteiger partial charge in [0, 0.05) is 12.1 Å². The molecule has 1 atom stereocenters. The van der Waals surface area contributed by atoms with E-state index in [1.165, 1.54) is 5.56 Å². The van der Waals surface area contributed by atoms with Gasteiger partial charge >= 0.3 is 0 Å². The van der Waals surface area contributed by atoms with Crippen LogP contribution in [0.15, 0.2) is 18.2 Å². The third kappa shape index (κ3) is 2.20. The summed E-state index contributed by atoms with van der Waals surface area (Å²) < 4.78 is 5.56. The van der Waals surface area contributed by atoms with Crippen LogP contribution in [0.1, 0.15) is 30.9 Å². The first-order valence-corrected chi connectivity index (χ1v) is 5.79. The molecule has 0 spiro atoms. The highest BCUT2D eigenvalue weighted by Gasteiger charge is 2.22. The van der Waals surface area contributed by atoms with E-state index in [-0.39, 0.29) is 6.61 Å². The average molecular weight is 221 g/mol. The molecule has 0 saturated heterocycles. The largest absolute Gasteiger partial charge is 0.493 e. The van der Waals surface area contributed by atoms with Gasteiger partial charge < -0.3 is 15.6 Å². The van der Waals surface area contributed by atoms with Gasteiger partial charge in [-0.15, -0.1) is 0 Å². The van der Waals surface area contributed by atoms with Crippen molar-refractivity contribution < 1.29 is 9.84 Å². The summed E-state index contributed by atoms with van der Waals surface area (Å²) in [4.78, 5) is 0. The summed E-state index contributed by atoms with van der Waals surface area (Å²) in [5.41, 5.74) is 8.03. The topological polar surface area (TPSA) is 55.5 Å². The third-order valence-electron chi connectivity index (χ3n) is 3.20. The molecule has 1 aliphatic heterocycles. The second-order valence-electron chi connectivity index (χ2n) is 4.67. The number of aliphatic hydroxyl groups is 1. The standard InChI is InChI=1S/C13H19NO2/c1-13(14,6-7-15)11-4-5-12-10(9-11)3-2-8-16-12/h4-5,9,15H,2-3,6-8,14H2,1H3. The Bertz CT molecular complexity index is 374. The Morgan fingerprint density at radius 1 is 1.50 bits per heavy atom. The van der Waals surface area contributed by atoms with Crippen molar-refractivity contribution in [1.29, 1.82) is 0 Å². The van der Waals surface area contributed by atoms with Crippen molar-refractivity contribution in [2.24, 2.45) is 5.73 Å². The molecule has 1 aliphatic rings. The highest BCUT2D eigenvalue weighted by molar-refractivity contribution is 5.40. The number of fused-ring (bicyclic) bond motifs is 1. The number of aryl methyl sites for hydroxylation is 1. The maximum Gasteiger partial charge on any atom is 0.122 e. The van der Waals surface area contributed by atoms with E-state index in [1.54, 1.807) is 0 Å². The fourth-order valence-electron chi connectivity index (χ4n) is 2.09. The number of hydrogen-bond acceptors (Lipinski definition) is 3. The Balaban J connectivity index is 2.29. The molecule has 0 bridgehead atoms. The first-order valence-electron chi connectivity index (χ1n) is 5.79. The van der Waals surface area contributed by atoms with Crippen LogP contribution in [0.25, 0.3) is 0 Å². The predicted octanol–water partition coefficient (Wildman–Crippen LogP) is 1.57. The van der Waals surface area contributed by atoms with Gasteiger partial charge in [0.15, 0.2) is 0 Å². The van der Waals surface area contributed by atoms with Gasteiger partial charge in [0.1, 0.15) is 5.75 Å². The molecule has 0 saturated carbocycles. The predicted molar refractivity (Wildman–Crippen MR) is 63.5 cm³/mol. The van der Waals surface area contributed by atoms with Gasteiger partial charge in [-0.3, -0.25) is 0 Å². The zero-order valence-corrected chi connectivity index (χ0v) is 9.70. The fourth-order valence-corrected chi connectivity index (χ4v) is 2.09. The van der Waals surface area contributed by atoms with Crippen LogP contribution in [0.5, 0.6) is 5.75 Å². The average Bonchev–Trinajstić information content (AvgIpc) is 2.28. The van der Waals surface area contributed by atoms with Gasteiger partial charge in [-0.1, -0.05) is 12.1 Å². The molecule has 0 fully saturated rings. The first-order chi connectivity index (χ1) is 7.63. The second kappa shape index (κ2) is 4.44. The van der Waals surface area contributed by atoms with E-state index in [9.17, 15) is 0 Å². The fraction of sp³-hybridized carbons (Fsp3) is 0.538. The molecule has 0 aromatic heterocycles. The SMILES string of the molecule is CC(N)(CCO)c1ccc2c(c1)CCCO2. The summed E-state index contributed by atoms with van der Waals surface area (Å²) in [5, 5.41) is 9.00. The van der Waals surface area contributed by atoms with Crippen LogP contribution in [0.2, 0.25) is 0 Å². The monoisotopic (exact) mass is 221 g/mol. The molecule has 0 radical (unpaired) electrons. The van der Waals surface area contributed by atoms with Gasteiger partial charge in [0.2, 0.25) is 0 Å². The van der Waals surface area contributed by atoms with E-state index in [0.717, 1.165) is 30.8 Å². The smallest absolute Gasteiger partial charge is 0.122 e. The maximum atomic E-state index is 9.00. The van der Waals surface area contributed by atoms with Crippen molar-refractivity contribution in [3.63, 3.8) is 0 Å². The zero-order valence-electron chi connectivity index (χ0n) is 9.70. The summed E-state index contributed by atoms with van der Waals surface area (Å²) in [6, 6.07) is 6.11. The van der Waals surface area contributed by atoms with Gasteiger partial charge in [-0.05, 0) is 43.4 Å². The molecule has 3 heteroatoms. The molecule has 2 rings (SSSR count). The lowest BCUT2D eigenvalue weighted by Gasteiger charge is -2.26. The number of benzene rings is 1. The van der Waals surface area contributed by atoms with Crippen LogP contribution in [-0.4, -0.2) is 18.3 Å². The van der Waals surface area contributed by atoms with Crippen molar-refractivity contribution in [3.8, 4) is 5.75 Å². The van der Waals surface area contributed by atoms with E-state index in [0.29, 0.717) is 6.42 Å². The highest BCUT2D eigenvalue weighted by Crippen LogP contribution is 2.30. The summed E-state index contributed by atoms with van der Waals surface area (Å²) in [6.07, 6.45) is 2.70. The molecule has 0 aliphatic carbocycles. The molecule has 3 nitrogen and oxygen atoms in total. The van der Waals surface area contributed by atoms with E-state index in [4.69, 9.17) is 15.6 Å². The van der Waals surface area contributed by atoms with Gasteiger partial charge in [0.05, 0.1) is 6.61 Å². The van der Waals surface area contributed by atoms with Crippen molar-refractivity contribution in [3.05, 3.63) is 29.3 Å². The Kier molecular flexibility index (Phi) is 3.17. The van der Waals surface area contributed by atoms with E-state index in [1.807, 2.05) is 19.1 Å².